The van der Waals surface area contributed by atoms with Crippen molar-refractivity contribution in [3.05, 3.63) is 0 Å². The summed E-state index contributed by atoms with van der Waals surface area (Å²) in [4.78, 5) is 14.0. The van der Waals surface area contributed by atoms with Gasteiger partial charge in [0, 0.05) is 6.04 Å². The van der Waals surface area contributed by atoms with Crippen LogP contribution in [0.2, 0.25) is 0 Å². The summed E-state index contributed by atoms with van der Waals surface area (Å²) >= 11 is 0. The Labute approximate surface area is 79.5 Å². The molecule has 74 valence electrons. The van der Waals surface area contributed by atoms with Gasteiger partial charge in [0.05, 0.1) is 11.7 Å². The first-order valence-electron chi connectivity index (χ1n) is 5.19. The van der Waals surface area contributed by atoms with E-state index in [0.29, 0.717) is 11.9 Å². The van der Waals surface area contributed by atoms with Crippen LogP contribution in [0, 0.1) is 0 Å². The fourth-order valence-corrected chi connectivity index (χ4v) is 2.14. The Hall–Kier alpha value is -0.570. The highest BCUT2D eigenvalue weighted by molar-refractivity contribution is 5.88. The standard InChI is InChI=1S/C10H18N2O/c1-4-10(3)9(13)12(7(2)11-10)8-5-6-8/h7-8,11H,4-6H2,1-3H3. The minimum absolute atomic E-state index is 0.227. The van der Waals surface area contributed by atoms with E-state index >= 15 is 0 Å². The van der Waals surface area contributed by atoms with Gasteiger partial charge in [0.2, 0.25) is 5.91 Å². The molecule has 1 amide bonds. The Morgan fingerprint density at radius 1 is 1.62 bits per heavy atom. The molecular weight excluding hydrogens is 164 g/mol. The van der Waals surface area contributed by atoms with E-state index in [0.717, 1.165) is 6.42 Å². The maximum atomic E-state index is 12.0. The van der Waals surface area contributed by atoms with Crippen LogP contribution in [0.3, 0.4) is 0 Å². The fourth-order valence-electron chi connectivity index (χ4n) is 2.14. The number of carbonyl (C=O) groups excluding carboxylic acids is 1. The molecule has 1 saturated carbocycles. The fraction of sp³-hybridized carbons (Fsp3) is 0.900. The van der Waals surface area contributed by atoms with E-state index in [9.17, 15) is 4.79 Å². The van der Waals surface area contributed by atoms with Crippen molar-refractivity contribution >= 4 is 5.91 Å². The van der Waals surface area contributed by atoms with Crippen LogP contribution in [0.5, 0.6) is 0 Å². The third-order valence-corrected chi connectivity index (χ3v) is 3.30. The first-order chi connectivity index (χ1) is 6.08. The summed E-state index contributed by atoms with van der Waals surface area (Å²) in [6.07, 6.45) is 3.49. The Balaban J connectivity index is 2.18. The Bertz CT molecular complexity index is 237. The summed E-state index contributed by atoms with van der Waals surface area (Å²) in [7, 11) is 0. The van der Waals surface area contributed by atoms with E-state index in [2.05, 4.69) is 19.2 Å². The van der Waals surface area contributed by atoms with Gasteiger partial charge in [0.15, 0.2) is 0 Å². The molecule has 0 spiro atoms. The molecule has 3 nitrogen and oxygen atoms in total. The third-order valence-electron chi connectivity index (χ3n) is 3.30. The topological polar surface area (TPSA) is 32.3 Å². The van der Waals surface area contributed by atoms with Crippen LogP contribution in [0.4, 0.5) is 0 Å². The first-order valence-corrected chi connectivity index (χ1v) is 5.19. The second kappa shape index (κ2) is 2.71. The van der Waals surface area contributed by atoms with Crippen molar-refractivity contribution in [3.63, 3.8) is 0 Å². The number of carbonyl (C=O) groups is 1. The zero-order valence-electron chi connectivity index (χ0n) is 8.63. The molecule has 2 rings (SSSR count). The van der Waals surface area contributed by atoms with Gasteiger partial charge in [-0.3, -0.25) is 10.1 Å². The van der Waals surface area contributed by atoms with Gasteiger partial charge in [-0.2, -0.15) is 0 Å². The molecule has 0 aromatic heterocycles. The van der Waals surface area contributed by atoms with Gasteiger partial charge in [-0.25, -0.2) is 0 Å². The summed E-state index contributed by atoms with van der Waals surface area (Å²) in [6, 6.07) is 0.531. The monoisotopic (exact) mass is 182 g/mol. The second-order valence-corrected chi connectivity index (χ2v) is 4.45. The number of amides is 1. The molecule has 1 saturated heterocycles. The van der Waals surface area contributed by atoms with E-state index in [1.165, 1.54) is 12.8 Å². The van der Waals surface area contributed by atoms with Crippen molar-refractivity contribution in [2.24, 2.45) is 0 Å². The molecule has 1 aliphatic carbocycles. The molecule has 0 aromatic carbocycles. The van der Waals surface area contributed by atoms with Crippen LogP contribution >= 0.6 is 0 Å². The maximum Gasteiger partial charge on any atom is 0.244 e. The van der Waals surface area contributed by atoms with Crippen molar-refractivity contribution in [1.82, 2.24) is 10.2 Å². The Kier molecular flexibility index (Phi) is 1.88. The average Bonchev–Trinajstić information content (AvgIpc) is 2.85. The van der Waals surface area contributed by atoms with Crippen LogP contribution in [0.25, 0.3) is 0 Å². The number of hydrogen-bond donors (Lipinski definition) is 1. The van der Waals surface area contributed by atoms with Gasteiger partial charge < -0.3 is 4.90 Å². The van der Waals surface area contributed by atoms with Crippen molar-refractivity contribution < 1.29 is 4.79 Å². The van der Waals surface area contributed by atoms with Crippen LogP contribution in [-0.4, -0.2) is 28.6 Å². The normalized spacial score (nSPS) is 40.1. The number of hydrogen-bond acceptors (Lipinski definition) is 2. The lowest BCUT2D eigenvalue weighted by atomic mass is 9.99. The Morgan fingerprint density at radius 2 is 2.23 bits per heavy atom. The lowest BCUT2D eigenvalue weighted by molar-refractivity contribution is -0.133. The zero-order chi connectivity index (χ0) is 9.64. The number of rotatable bonds is 2. The van der Waals surface area contributed by atoms with Crippen LogP contribution < -0.4 is 5.32 Å². The Morgan fingerprint density at radius 3 is 2.62 bits per heavy atom. The largest absolute Gasteiger partial charge is 0.323 e. The zero-order valence-corrected chi connectivity index (χ0v) is 8.63. The molecule has 2 fully saturated rings. The molecule has 2 atom stereocenters. The highest BCUT2D eigenvalue weighted by Crippen LogP contribution is 2.34. The van der Waals surface area contributed by atoms with E-state index in [-0.39, 0.29) is 11.7 Å². The van der Waals surface area contributed by atoms with Crippen LogP contribution in [-0.2, 0) is 4.79 Å². The summed E-state index contributed by atoms with van der Waals surface area (Å²) in [5.41, 5.74) is -0.304. The molecule has 2 unspecified atom stereocenters. The molecule has 1 N–H and O–H groups in total. The molecule has 0 bridgehead atoms. The third kappa shape index (κ3) is 1.26. The average molecular weight is 182 g/mol. The summed E-state index contributed by atoms with van der Waals surface area (Å²) in [6.45, 7) is 6.15. The van der Waals surface area contributed by atoms with Crippen molar-refractivity contribution in [1.29, 1.82) is 0 Å². The molecule has 0 radical (unpaired) electrons. The van der Waals surface area contributed by atoms with Crippen LogP contribution in [0.1, 0.15) is 40.0 Å². The highest BCUT2D eigenvalue weighted by atomic mass is 16.2. The first kappa shape index (κ1) is 9.00. The summed E-state index contributed by atoms with van der Waals surface area (Å²) in [5, 5.41) is 3.38. The van der Waals surface area contributed by atoms with Crippen molar-refractivity contribution in [2.45, 2.75) is 57.8 Å². The van der Waals surface area contributed by atoms with Gasteiger partial charge >= 0.3 is 0 Å². The lowest BCUT2D eigenvalue weighted by Crippen LogP contribution is -2.43. The minimum atomic E-state index is -0.304. The highest BCUT2D eigenvalue weighted by Gasteiger charge is 2.49. The minimum Gasteiger partial charge on any atom is -0.323 e. The van der Waals surface area contributed by atoms with E-state index < -0.39 is 0 Å². The van der Waals surface area contributed by atoms with Gasteiger partial charge in [-0.1, -0.05) is 6.92 Å². The summed E-state index contributed by atoms with van der Waals surface area (Å²) in [5.74, 6) is 0.296. The van der Waals surface area contributed by atoms with E-state index in [4.69, 9.17) is 0 Å². The molecule has 0 aromatic rings. The maximum absolute atomic E-state index is 12.0. The van der Waals surface area contributed by atoms with E-state index in [1.807, 2.05) is 11.8 Å². The SMILES string of the molecule is CCC1(C)NC(C)N(C2CC2)C1=O. The predicted octanol–water partition coefficient (Wildman–Crippen LogP) is 1.10. The van der Waals surface area contributed by atoms with Gasteiger partial charge in [0.25, 0.3) is 0 Å². The van der Waals surface area contributed by atoms with E-state index in [1.54, 1.807) is 0 Å². The molecule has 3 heteroatoms. The van der Waals surface area contributed by atoms with Gasteiger partial charge in [0.1, 0.15) is 0 Å². The predicted molar refractivity (Wildman–Crippen MR) is 51.2 cm³/mol. The molecule has 1 aliphatic heterocycles. The second-order valence-electron chi connectivity index (χ2n) is 4.45. The molecule has 1 heterocycles. The lowest BCUT2D eigenvalue weighted by Gasteiger charge is -2.21. The number of nitrogens with zero attached hydrogens (tertiary/aromatic N) is 1. The van der Waals surface area contributed by atoms with Crippen molar-refractivity contribution in [3.8, 4) is 0 Å². The van der Waals surface area contributed by atoms with Crippen molar-refractivity contribution in [2.75, 3.05) is 0 Å². The molecular formula is C10H18N2O. The number of nitrogens with one attached hydrogen (secondary N) is 1. The summed E-state index contributed by atoms with van der Waals surface area (Å²) < 4.78 is 0. The smallest absolute Gasteiger partial charge is 0.244 e. The molecule has 2 aliphatic rings. The molecule has 13 heavy (non-hydrogen) atoms. The van der Waals surface area contributed by atoms with Gasteiger partial charge in [-0.05, 0) is 33.1 Å². The van der Waals surface area contributed by atoms with Gasteiger partial charge in [-0.15, -0.1) is 0 Å². The quantitative estimate of drug-likeness (QED) is 0.693. The van der Waals surface area contributed by atoms with Crippen LogP contribution in [0.15, 0.2) is 0 Å².